The zero-order valence-electron chi connectivity index (χ0n) is 11.3. The molecule has 2 aromatic rings. The van der Waals surface area contributed by atoms with E-state index in [0.29, 0.717) is 0 Å². The number of hydrogen-bond acceptors (Lipinski definition) is 3. The lowest BCUT2D eigenvalue weighted by Crippen LogP contribution is -2.37. The summed E-state index contributed by atoms with van der Waals surface area (Å²) in [6.45, 7) is 5.71. The van der Waals surface area contributed by atoms with Gasteiger partial charge in [-0.1, -0.05) is 17.7 Å². The van der Waals surface area contributed by atoms with E-state index in [1.54, 1.807) is 0 Å². The molecule has 1 saturated heterocycles. The van der Waals surface area contributed by atoms with Crippen molar-refractivity contribution < 1.29 is 4.74 Å². The fourth-order valence-electron chi connectivity index (χ4n) is 2.67. The van der Waals surface area contributed by atoms with Crippen molar-refractivity contribution in [3.63, 3.8) is 0 Å². The van der Waals surface area contributed by atoms with Crippen LogP contribution in [0.15, 0.2) is 18.2 Å². The van der Waals surface area contributed by atoms with Crippen molar-refractivity contribution >= 4 is 34.9 Å². The van der Waals surface area contributed by atoms with Crippen LogP contribution in [0.5, 0.6) is 0 Å². The smallest absolute Gasteiger partial charge is 0.178 e. The van der Waals surface area contributed by atoms with E-state index in [4.69, 9.17) is 28.6 Å². The fraction of sp³-hybridized carbons (Fsp3) is 0.500. The molecular formula is C14H18ClN3OS. The molecule has 1 aromatic carbocycles. The summed E-state index contributed by atoms with van der Waals surface area (Å²) in [5.74, 6) is 0. The predicted molar refractivity (Wildman–Crippen MR) is 84.0 cm³/mol. The average Bonchev–Trinajstić information content (AvgIpc) is 2.78. The molecule has 0 unspecified atom stereocenters. The highest BCUT2D eigenvalue weighted by Gasteiger charge is 2.11. The molecule has 0 radical (unpaired) electrons. The number of aromatic nitrogens is 2. The number of fused-ring (bicyclic) bond motifs is 1. The summed E-state index contributed by atoms with van der Waals surface area (Å²) in [5, 5.41) is 0.751. The second kappa shape index (κ2) is 6.26. The first-order valence-electron chi connectivity index (χ1n) is 6.93. The zero-order chi connectivity index (χ0) is 13.9. The number of hydrogen-bond donors (Lipinski definition) is 1. The summed E-state index contributed by atoms with van der Waals surface area (Å²) < 4.78 is 8.21. The van der Waals surface area contributed by atoms with Crippen LogP contribution in [0, 0.1) is 4.77 Å². The number of para-hydroxylation sites is 1. The number of benzene rings is 1. The number of aromatic amines is 1. The van der Waals surface area contributed by atoms with Crippen molar-refractivity contribution in [2.45, 2.75) is 13.0 Å². The van der Waals surface area contributed by atoms with Gasteiger partial charge in [0.15, 0.2) is 4.77 Å². The molecule has 2 heterocycles. The molecule has 0 saturated carbocycles. The molecule has 3 rings (SSSR count). The lowest BCUT2D eigenvalue weighted by atomic mass is 10.3. The van der Waals surface area contributed by atoms with Crippen molar-refractivity contribution in [2.75, 3.05) is 32.8 Å². The van der Waals surface area contributed by atoms with Gasteiger partial charge in [0.2, 0.25) is 0 Å². The highest BCUT2D eigenvalue weighted by atomic mass is 35.5. The van der Waals surface area contributed by atoms with Crippen molar-refractivity contribution in [1.29, 1.82) is 0 Å². The van der Waals surface area contributed by atoms with Crippen molar-refractivity contribution in [1.82, 2.24) is 14.5 Å². The molecule has 1 aliphatic rings. The predicted octanol–water partition coefficient (Wildman–Crippen LogP) is 3.07. The molecule has 20 heavy (non-hydrogen) atoms. The number of imidazole rings is 1. The topological polar surface area (TPSA) is 33.2 Å². The molecule has 1 N–H and O–H groups in total. The summed E-state index contributed by atoms with van der Waals surface area (Å²) in [5.41, 5.74) is 2.02. The number of halogens is 1. The molecule has 0 bridgehead atoms. The number of ether oxygens (including phenoxy) is 1. The summed E-state index contributed by atoms with van der Waals surface area (Å²) in [7, 11) is 0. The van der Waals surface area contributed by atoms with E-state index in [-0.39, 0.29) is 0 Å². The van der Waals surface area contributed by atoms with Crippen molar-refractivity contribution in [3.8, 4) is 0 Å². The first-order chi connectivity index (χ1) is 9.75. The van der Waals surface area contributed by atoms with Crippen molar-refractivity contribution in [2.24, 2.45) is 0 Å². The normalized spacial score (nSPS) is 16.9. The molecule has 1 aliphatic heterocycles. The third-order valence-corrected chi connectivity index (χ3v) is 4.33. The summed E-state index contributed by atoms with van der Waals surface area (Å²) in [6.07, 6.45) is 1.06. The summed E-state index contributed by atoms with van der Waals surface area (Å²) in [6, 6.07) is 5.86. The molecule has 0 amide bonds. The van der Waals surface area contributed by atoms with Crippen LogP contribution in [0.2, 0.25) is 5.02 Å². The van der Waals surface area contributed by atoms with Gasteiger partial charge in [0.1, 0.15) is 0 Å². The minimum atomic E-state index is 0.745. The largest absolute Gasteiger partial charge is 0.379 e. The highest BCUT2D eigenvalue weighted by molar-refractivity contribution is 7.71. The van der Waals surface area contributed by atoms with Gasteiger partial charge in [0, 0.05) is 26.2 Å². The Labute approximate surface area is 128 Å². The fourth-order valence-corrected chi connectivity index (χ4v) is 3.23. The van der Waals surface area contributed by atoms with Gasteiger partial charge in [0.05, 0.1) is 29.3 Å². The van der Waals surface area contributed by atoms with Crippen LogP contribution < -0.4 is 0 Å². The van der Waals surface area contributed by atoms with Gasteiger partial charge in [-0.2, -0.15) is 0 Å². The highest BCUT2D eigenvalue weighted by Crippen LogP contribution is 2.23. The average molecular weight is 312 g/mol. The van der Waals surface area contributed by atoms with Gasteiger partial charge < -0.3 is 14.3 Å². The summed E-state index contributed by atoms with van der Waals surface area (Å²) >= 11 is 11.7. The Morgan fingerprint density at radius 1 is 1.25 bits per heavy atom. The van der Waals surface area contributed by atoms with Gasteiger partial charge in [-0.3, -0.25) is 4.90 Å². The van der Waals surface area contributed by atoms with E-state index in [1.165, 1.54) is 0 Å². The molecule has 6 heteroatoms. The molecule has 1 aromatic heterocycles. The van der Waals surface area contributed by atoms with Gasteiger partial charge in [-0.25, -0.2) is 0 Å². The van der Waals surface area contributed by atoms with Gasteiger partial charge in [-0.15, -0.1) is 0 Å². The van der Waals surface area contributed by atoms with Crippen LogP contribution in [0.1, 0.15) is 6.42 Å². The third-order valence-electron chi connectivity index (χ3n) is 3.70. The number of aryl methyl sites for hydroxylation is 1. The Bertz CT molecular complexity index is 645. The third kappa shape index (κ3) is 2.91. The number of nitrogens with one attached hydrogen (secondary N) is 1. The molecule has 108 valence electrons. The Morgan fingerprint density at radius 3 is 2.85 bits per heavy atom. The van der Waals surface area contributed by atoms with Crippen LogP contribution in [-0.2, 0) is 11.3 Å². The van der Waals surface area contributed by atoms with E-state index in [0.717, 1.165) is 66.6 Å². The number of rotatable bonds is 4. The lowest BCUT2D eigenvalue weighted by Gasteiger charge is -2.26. The van der Waals surface area contributed by atoms with E-state index in [1.807, 2.05) is 18.2 Å². The maximum absolute atomic E-state index is 6.29. The number of H-pyrrole nitrogens is 1. The maximum Gasteiger partial charge on any atom is 0.178 e. The Balaban J connectivity index is 1.71. The second-order valence-corrected chi connectivity index (χ2v) is 5.82. The van der Waals surface area contributed by atoms with E-state index >= 15 is 0 Å². The second-order valence-electron chi connectivity index (χ2n) is 5.03. The quantitative estimate of drug-likeness (QED) is 0.881. The van der Waals surface area contributed by atoms with Crippen LogP contribution in [0.4, 0.5) is 0 Å². The minimum absolute atomic E-state index is 0.745. The van der Waals surface area contributed by atoms with Crippen LogP contribution in [-0.4, -0.2) is 47.3 Å². The molecule has 1 fully saturated rings. The SMILES string of the molecule is S=c1[nH]c2cccc(Cl)c2n1CCCN1CCOCC1. The van der Waals surface area contributed by atoms with E-state index in [9.17, 15) is 0 Å². The zero-order valence-corrected chi connectivity index (χ0v) is 12.8. The maximum atomic E-state index is 6.29. The van der Waals surface area contributed by atoms with E-state index < -0.39 is 0 Å². The lowest BCUT2D eigenvalue weighted by molar-refractivity contribution is 0.0369. The van der Waals surface area contributed by atoms with Gasteiger partial charge in [0.25, 0.3) is 0 Å². The number of morpholine rings is 1. The first-order valence-corrected chi connectivity index (χ1v) is 7.71. The summed E-state index contributed by atoms with van der Waals surface area (Å²) in [4.78, 5) is 5.65. The Kier molecular flexibility index (Phi) is 4.41. The van der Waals surface area contributed by atoms with E-state index in [2.05, 4.69) is 14.5 Å². The molecule has 0 spiro atoms. The Hall–Kier alpha value is -0.880. The van der Waals surface area contributed by atoms with Crippen molar-refractivity contribution in [3.05, 3.63) is 28.0 Å². The van der Waals surface area contributed by atoms with Gasteiger partial charge in [-0.05, 0) is 30.8 Å². The monoisotopic (exact) mass is 311 g/mol. The van der Waals surface area contributed by atoms with Crippen LogP contribution >= 0.6 is 23.8 Å². The standard InChI is InChI=1S/C14H18ClN3OS/c15-11-3-1-4-12-13(11)18(14(20)16-12)6-2-5-17-7-9-19-10-8-17/h1,3-4H,2,5-10H2,(H,16,20). The molecule has 0 aliphatic carbocycles. The van der Waals surface area contributed by atoms with Crippen LogP contribution in [0.3, 0.4) is 0 Å². The molecule has 0 atom stereocenters. The minimum Gasteiger partial charge on any atom is -0.379 e. The number of nitrogens with zero attached hydrogens (tertiary/aromatic N) is 2. The molecule has 4 nitrogen and oxygen atoms in total. The molecular weight excluding hydrogens is 294 g/mol. The van der Waals surface area contributed by atoms with Crippen LogP contribution in [0.25, 0.3) is 11.0 Å². The first kappa shape index (κ1) is 14.1. The van der Waals surface area contributed by atoms with Gasteiger partial charge >= 0.3 is 0 Å². The Morgan fingerprint density at radius 2 is 2.05 bits per heavy atom.